The lowest BCUT2D eigenvalue weighted by Crippen LogP contribution is -2.35. The van der Waals surface area contributed by atoms with Crippen LogP contribution >= 0.6 is 0 Å². The Morgan fingerprint density at radius 2 is 1.90 bits per heavy atom. The largest absolute Gasteiger partial charge is 0.489 e. The van der Waals surface area contributed by atoms with Gasteiger partial charge in [0.15, 0.2) is 11.5 Å². The Kier molecular flexibility index (Phi) is 4.26. The summed E-state index contributed by atoms with van der Waals surface area (Å²) in [4.78, 5) is 11.0. The molecular weight excluding hydrogens is 302 g/mol. The molecule has 0 bridgehead atoms. The number of hydrogen-bond donors (Lipinski definition) is 3. The Labute approximate surface area is 121 Å². The van der Waals surface area contributed by atoms with Crippen molar-refractivity contribution in [1.29, 1.82) is 0 Å². The summed E-state index contributed by atoms with van der Waals surface area (Å²) >= 11 is 0. The highest BCUT2D eigenvalue weighted by Gasteiger charge is 2.19. The molecule has 0 atom stereocenters. The van der Waals surface area contributed by atoms with E-state index in [0.29, 0.717) is 31.1 Å². The molecule has 0 saturated heterocycles. The van der Waals surface area contributed by atoms with Crippen molar-refractivity contribution < 1.29 is 27.4 Å². The minimum atomic E-state index is -4.16. The van der Waals surface area contributed by atoms with Crippen molar-refractivity contribution >= 4 is 27.7 Å². The third kappa shape index (κ3) is 3.81. The Hall–Kier alpha value is -2.36. The first-order chi connectivity index (χ1) is 9.91. The van der Waals surface area contributed by atoms with Gasteiger partial charge in [0.05, 0.1) is 31.7 Å². The van der Waals surface area contributed by atoms with Crippen LogP contribution in [0.1, 0.15) is 6.42 Å². The summed E-state index contributed by atoms with van der Waals surface area (Å²) < 4.78 is 42.3. The maximum Gasteiger partial charge on any atom is 0.422 e. The van der Waals surface area contributed by atoms with E-state index in [0.717, 1.165) is 7.11 Å². The van der Waals surface area contributed by atoms with Crippen molar-refractivity contribution in [3.63, 3.8) is 0 Å². The minimum absolute atomic E-state index is 0.0654. The average Bonchev–Trinajstić information content (AvgIpc) is 2.63. The van der Waals surface area contributed by atoms with Gasteiger partial charge in [-0.05, 0) is 0 Å². The second kappa shape index (κ2) is 5.95. The molecule has 1 aliphatic heterocycles. The Morgan fingerprint density at radius 3 is 2.52 bits per heavy atom. The number of nitrogens with two attached hydrogens (primary N) is 1. The van der Waals surface area contributed by atoms with Crippen LogP contribution in [0.2, 0.25) is 0 Å². The second-order valence-electron chi connectivity index (χ2n) is 4.14. The van der Waals surface area contributed by atoms with Gasteiger partial charge in [0.1, 0.15) is 0 Å². The van der Waals surface area contributed by atoms with E-state index in [-0.39, 0.29) is 11.4 Å². The lowest BCUT2D eigenvalue weighted by molar-refractivity contribution is 0.177. The van der Waals surface area contributed by atoms with Gasteiger partial charge in [-0.3, -0.25) is 4.72 Å². The third-order valence-corrected chi connectivity index (χ3v) is 3.49. The third-order valence-electron chi connectivity index (χ3n) is 2.57. The van der Waals surface area contributed by atoms with Gasteiger partial charge in [0.2, 0.25) is 0 Å². The highest BCUT2D eigenvalue weighted by molar-refractivity contribution is 7.91. The van der Waals surface area contributed by atoms with Crippen molar-refractivity contribution in [1.82, 2.24) is 4.72 Å². The van der Waals surface area contributed by atoms with E-state index in [1.54, 1.807) is 4.72 Å². The van der Waals surface area contributed by atoms with Crippen LogP contribution in [-0.4, -0.2) is 34.8 Å². The second-order valence-corrected chi connectivity index (χ2v) is 5.55. The number of hydrogen-bond acceptors (Lipinski definition) is 7. The van der Waals surface area contributed by atoms with Crippen LogP contribution in [0, 0.1) is 0 Å². The Balaban J connectivity index is 2.24. The quantitative estimate of drug-likeness (QED) is 0.690. The first-order valence-electron chi connectivity index (χ1n) is 5.99. The normalized spacial score (nSPS) is 14.0. The number of ether oxygens (including phenoxy) is 3. The number of carbonyl (C=O) groups is 1. The number of benzene rings is 1. The predicted molar refractivity (Wildman–Crippen MR) is 74.5 cm³/mol. The summed E-state index contributed by atoms with van der Waals surface area (Å²) in [6, 6.07) is 2.85. The van der Waals surface area contributed by atoms with Crippen molar-refractivity contribution in [3.05, 3.63) is 12.1 Å². The molecule has 1 heterocycles. The summed E-state index contributed by atoms with van der Waals surface area (Å²) in [7, 11) is -3.11. The summed E-state index contributed by atoms with van der Waals surface area (Å²) in [5, 5.41) is 0. The van der Waals surface area contributed by atoms with E-state index in [2.05, 4.69) is 9.46 Å². The Bertz CT molecular complexity index is 646. The van der Waals surface area contributed by atoms with Gasteiger partial charge in [-0.25, -0.2) is 9.52 Å². The fourth-order valence-corrected chi connectivity index (χ4v) is 2.45. The zero-order chi connectivity index (χ0) is 15.5. The van der Waals surface area contributed by atoms with Crippen LogP contribution < -0.4 is 24.7 Å². The molecule has 4 N–H and O–H groups in total. The maximum atomic E-state index is 11.7. The lowest BCUT2D eigenvalue weighted by atomic mass is 10.2. The van der Waals surface area contributed by atoms with Gasteiger partial charge in [-0.15, -0.1) is 0 Å². The van der Waals surface area contributed by atoms with Crippen molar-refractivity contribution in [3.8, 4) is 11.5 Å². The van der Waals surface area contributed by atoms with Crippen molar-refractivity contribution in [2.24, 2.45) is 0 Å². The molecule has 0 aromatic heterocycles. The molecule has 1 aromatic rings. The minimum Gasteiger partial charge on any atom is -0.489 e. The molecule has 9 nitrogen and oxygen atoms in total. The van der Waals surface area contributed by atoms with Gasteiger partial charge in [0, 0.05) is 18.6 Å². The van der Waals surface area contributed by atoms with E-state index in [4.69, 9.17) is 15.2 Å². The number of methoxy groups -OCH3 is 1. The number of rotatable bonds is 3. The zero-order valence-electron chi connectivity index (χ0n) is 11.2. The van der Waals surface area contributed by atoms with Gasteiger partial charge in [-0.2, -0.15) is 8.42 Å². The monoisotopic (exact) mass is 317 g/mol. The van der Waals surface area contributed by atoms with Crippen LogP contribution in [0.5, 0.6) is 11.5 Å². The van der Waals surface area contributed by atoms with Gasteiger partial charge in [0.25, 0.3) is 0 Å². The lowest BCUT2D eigenvalue weighted by Gasteiger charge is -2.14. The van der Waals surface area contributed by atoms with Gasteiger partial charge < -0.3 is 19.9 Å². The van der Waals surface area contributed by atoms with Crippen LogP contribution in [0.25, 0.3) is 0 Å². The number of amides is 1. The number of nitrogen functional groups attached to an aromatic ring is 1. The first-order valence-corrected chi connectivity index (χ1v) is 7.47. The molecule has 1 aromatic carbocycles. The molecule has 0 radical (unpaired) electrons. The summed E-state index contributed by atoms with van der Waals surface area (Å²) in [6.45, 7) is 0.935. The number of fused-ring (bicyclic) bond motifs is 1. The highest BCUT2D eigenvalue weighted by Crippen LogP contribution is 2.36. The van der Waals surface area contributed by atoms with Gasteiger partial charge in [-0.1, -0.05) is 0 Å². The average molecular weight is 317 g/mol. The van der Waals surface area contributed by atoms with Gasteiger partial charge >= 0.3 is 16.3 Å². The van der Waals surface area contributed by atoms with Crippen LogP contribution in [0.15, 0.2) is 12.1 Å². The molecule has 0 aliphatic carbocycles. The molecule has 21 heavy (non-hydrogen) atoms. The van der Waals surface area contributed by atoms with E-state index in [1.807, 2.05) is 0 Å². The molecule has 116 valence electrons. The molecule has 1 amide bonds. The Morgan fingerprint density at radius 1 is 1.29 bits per heavy atom. The van der Waals surface area contributed by atoms with E-state index in [9.17, 15) is 13.2 Å². The molecule has 0 fully saturated rings. The van der Waals surface area contributed by atoms with E-state index >= 15 is 0 Å². The van der Waals surface area contributed by atoms with E-state index in [1.165, 1.54) is 12.1 Å². The van der Waals surface area contributed by atoms with Crippen LogP contribution in [0.4, 0.5) is 16.2 Å². The fourth-order valence-electron chi connectivity index (χ4n) is 1.63. The smallest absolute Gasteiger partial charge is 0.422 e. The summed E-state index contributed by atoms with van der Waals surface area (Å²) in [5.41, 5.74) is 5.96. The first kappa shape index (κ1) is 15.0. The SMILES string of the molecule is COC(=O)NS(=O)(=O)Nc1cc2c(cc1N)OCCCO2. The molecule has 10 heteroatoms. The topological polar surface area (TPSA) is 129 Å². The maximum absolute atomic E-state index is 11.7. The number of nitrogens with one attached hydrogen (secondary N) is 2. The molecule has 1 aliphatic rings. The van der Waals surface area contributed by atoms with Crippen molar-refractivity contribution in [2.45, 2.75) is 6.42 Å². The van der Waals surface area contributed by atoms with Crippen molar-refractivity contribution in [2.75, 3.05) is 30.8 Å². The molecule has 2 rings (SSSR count). The molecule has 0 spiro atoms. The standard InChI is InChI=1S/C11H15N3O6S/c1-18-11(15)14-21(16,17)13-8-6-10-9(5-7(8)12)19-3-2-4-20-10/h5-6,13H,2-4,12H2,1H3,(H,14,15). The summed E-state index contributed by atoms with van der Waals surface area (Å²) in [5.74, 6) is 0.811. The number of anilines is 2. The van der Waals surface area contributed by atoms with E-state index < -0.39 is 16.3 Å². The molecule has 0 saturated carbocycles. The predicted octanol–water partition coefficient (Wildman–Crippen LogP) is 0.443. The molecule has 0 unspecified atom stereocenters. The van der Waals surface area contributed by atoms with Crippen LogP contribution in [-0.2, 0) is 14.9 Å². The zero-order valence-corrected chi connectivity index (χ0v) is 12.0. The summed E-state index contributed by atoms with van der Waals surface area (Å²) in [6.07, 6.45) is -0.407. The highest BCUT2D eigenvalue weighted by atomic mass is 32.2. The fraction of sp³-hybridized carbons (Fsp3) is 0.364. The molecular formula is C11H15N3O6S. The number of carbonyl (C=O) groups excluding carboxylic acids is 1. The van der Waals surface area contributed by atoms with Crippen LogP contribution in [0.3, 0.4) is 0 Å².